The number of carbonyl (C=O) groups excluding carboxylic acids is 1. The lowest BCUT2D eigenvalue weighted by atomic mass is 9.86. The van der Waals surface area contributed by atoms with E-state index in [-0.39, 0.29) is 17.6 Å². The fraction of sp³-hybridized carbons (Fsp3) is 0.278. The molecule has 1 aliphatic rings. The Kier molecular flexibility index (Phi) is 4.00. The van der Waals surface area contributed by atoms with Crippen LogP contribution in [0.3, 0.4) is 0 Å². The lowest BCUT2D eigenvalue weighted by Gasteiger charge is -2.25. The molecule has 0 aliphatic carbocycles. The van der Waals surface area contributed by atoms with Crippen LogP contribution in [0.15, 0.2) is 42.5 Å². The van der Waals surface area contributed by atoms with Crippen LogP contribution in [0.4, 0.5) is 0 Å². The molecule has 0 saturated heterocycles. The first-order valence-electron chi connectivity index (χ1n) is 7.43. The maximum absolute atomic E-state index is 11.9. The first-order chi connectivity index (χ1) is 10.7. The number of phenols is 1. The van der Waals surface area contributed by atoms with Crippen LogP contribution in [0.1, 0.15) is 36.8 Å². The maximum Gasteiger partial charge on any atom is 0.312 e. The summed E-state index contributed by atoms with van der Waals surface area (Å²) < 4.78 is 10.9. The van der Waals surface area contributed by atoms with Crippen LogP contribution in [0.2, 0.25) is 0 Å². The van der Waals surface area contributed by atoms with Gasteiger partial charge < -0.3 is 14.6 Å². The largest absolute Gasteiger partial charge is 0.508 e. The van der Waals surface area contributed by atoms with Crippen LogP contribution in [0.25, 0.3) is 0 Å². The summed E-state index contributed by atoms with van der Waals surface area (Å²) in [5.41, 5.74) is 1.95. The summed E-state index contributed by atoms with van der Waals surface area (Å²) in [4.78, 5) is 11.9. The number of carbonyl (C=O) groups is 1. The predicted octanol–water partition coefficient (Wildman–Crippen LogP) is 3.62. The molecule has 0 fully saturated rings. The molecule has 1 heterocycles. The van der Waals surface area contributed by atoms with Gasteiger partial charge in [0.25, 0.3) is 0 Å². The third kappa shape index (κ3) is 2.91. The second-order valence-corrected chi connectivity index (χ2v) is 5.37. The summed E-state index contributed by atoms with van der Waals surface area (Å²) in [5.74, 6) is 1.17. The Morgan fingerprint density at radius 1 is 1.23 bits per heavy atom. The van der Waals surface area contributed by atoms with Crippen molar-refractivity contribution >= 4 is 5.97 Å². The minimum atomic E-state index is -0.252. The van der Waals surface area contributed by atoms with Crippen molar-refractivity contribution in [3.63, 3.8) is 0 Å². The molecule has 1 N–H and O–H groups in total. The van der Waals surface area contributed by atoms with Gasteiger partial charge in [-0.3, -0.25) is 4.79 Å². The van der Waals surface area contributed by atoms with E-state index in [1.807, 2.05) is 31.2 Å². The molecule has 1 aliphatic heterocycles. The van der Waals surface area contributed by atoms with Crippen LogP contribution >= 0.6 is 0 Å². The lowest BCUT2D eigenvalue weighted by molar-refractivity contribution is -0.135. The average Bonchev–Trinajstić information content (AvgIpc) is 2.52. The lowest BCUT2D eigenvalue weighted by Crippen LogP contribution is -2.21. The van der Waals surface area contributed by atoms with E-state index in [2.05, 4.69) is 0 Å². The van der Waals surface area contributed by atoms with E-state index < -0.39 is 0 Å². The first-order valence-corrected chi connectivity index (χ1v) is 7.43. The van der Waals surface area contributed by atoms with Crippen LogP contribution in [0, 0.1) is 0 Å². The third-order valence-electron chi connectivity index (χ3n) is 3.72. The highest BCUT2D eigenvalue weighted by Gasteiger charge is 2.28. The van der Waals surface area contributed by atoms with Gasteiger partial charge in [-0.15, -0.1) is 0 Å². The Labute approximate surface area is 129 Å². The molecule has 2 aromatic carbocycles. The van der Waals surface area contributed by atoms with Gasteiger partial charge in [-0.05, 0) is 30.2 Å². The molecule has 0 saturated carbocycles. The predicted molar refractivity (Wildman–Crippen MR) is 82.4 cm³/mol. The van der Waals surface area contributed by atoms with Gasteiger partial charge >= 0.3 is 5.97 Å². The third-order valence-corrected chi connectivity index (χ3v) is 3.72. The van der Waals surface area contributed by atoms with Crippen molar-refractivity contribution in [1.82, 2.24) is 0 Å². The van der Waals surface area contributed by atoms with Gasteiger partial charge in [0.15, 0.2) is 0 Å². The highest BCUT2D eigenvalue weighted by molar-refractivity contribution is 5.78. The molecule has 3 rings (SSSR count). The summed E-state index contributed by atoms with van der Waals surface area (Å²) in [7, 11) is 0. The molecule has 1 atom stereocenters. The van der Waals surface area contributed by atoms with Crippen molar-refractivity contribution in [1.29, 1.82) is 0 Å². The second kappa shape index (κ2) is 6.10. The number of hydrogen-bond donors (Lipinski definition) is 1. The molecule has 0 unspecified atom stereocenters. The monoisotopic (exact) mass is 298 g/mol. The zero-order valence-electron chi connectivity index (χ0n) is 12.4. The highest BCUT2D eigenvalue weighted by atomic mass is 16.5. The molecule has 0 spiro atoms. The molecular weight excluding hydrogens is 280 g/mol. The summed E-state index contributed by atoms with van der Waals surface area (Å²) >= 11 is 0. The van der Waals surface area contributed by atoms with Gasteiger partial charge in [0.1, 0.15) is 17.2 Å². The molecule has 22 heavy (non-hydrogen) atoms. The quantitative estimate of drug-likeness (QED) is 0.692. The van der Waals surface area contributed by atoms with Crippen LogP contribution < -0.4 is 9.47 Å². The molecule has 4 heteroatoms. The topological polar surface area (TPSA) is 55.8 Å². The van der Waals surface area contributed by atoms with Crippen LogP contribution in [-0.4, -0.2) is 17.7 Å². The van der Waals surface area contributed by atoms with E-state index >= 15 is 0 Å². The van der Waals surface area contributed by atoms with Gasteiger partial charge in [-0.25, -0.2) is 0 Å². The van der Waals surface area contributed by atoms with Gasteiger partial charge in [-0.2, -0.15) is 0 Å². The van der Waals surface area contributed by atoms with Crippen molar-refractivity contribution in [2.24, 2.45) is 0 Å². The zero-order chi connectivity index (χ0) is 15.5. The minimum Gasteiger partial charge on any atom is -0.508 e. The highest BCUT2D eigenvalue weighted by Crippen LogP contribution is 2.40. The summed E-state index contributed by atoms with van der Waals surface area (Å²) in [6.45, 7) is 2.67. The number of benzene rings is 2. The Morgan fingerprint density at radius 2 is 2.00 bits per heavy atom. The van der Waals surface area contributed by atoms with Crippen molar-refractivity contribution in [2.45, 2.75) is 25.7 Å². The van der Waals surface area contributed by atoms with Gasteiger partial charge in [0.05, 0.1) is 13.0 Å². The number of esters is 1. The molecule has 0 amide bonds. The normalized spacial score (nSPS) is 16.8. The molecule has 0 aromatic heterocycles. The summed E-state index contributed by atoms with van der Waals surface area (Å²) in [6, 6.07) is 12.6. The van der Waals surface area contributed by atoms with Crippen LogP contribution in [0.5, 0.6) is 17.2 Å². The smallest absolute Gasteiger partial charge is 0.312 e. The standard InChI is InChI=1S/C18H18O4/c1-2-9-21-14-7-8-15-16(11-18(20)22-17(15)10-14)12-3-5-13(19)6-4-12/h3-8,10,16,19H,2,9,11H2,1H3/t16-/m0/s1. The fourth-order valence-corrected chi connectivity index (χ4v) is 2.65. The summed E-state index contributed by atoms with van der Waals surface area (Å²) in [5, 5.41) is 9.41. The van der Waals surface area contributed by atoms with Crippen molar-refractivity contribution < 1.29 is 19.4 Å². The first kappa shape index (κ1) is 14.4. The fourth-order valence-electron chi connectivity index (χ4n) is 2.65. The van der Waals surface area contributed by atoms with Crippen LogP contribution in [-0.2, 0) is 4.79 Å². The van der Waals surface area contributed by atoms with E-state index in [1.165, 1.54) is 0 Å². The number of phenolic OH excluding ortho intramolecular Hbond substituents is 1. The second-order valence-electron chi connectivity index (χ2n) is 5.37. The molecule has 0 bridgehead atoms. The van der Waals surface area contributed by atoms with E-state index in [4.69, 9.17) is 9.47 Å². The zero-order valence-corrected chi connectivity index (χ0v) is 12.4. The molecule has 2 aromatic rings. The number of aromatic hydroxyl groups is 1. The number of rotatable bonds is 4. The van der Waals surface area contributed by atoms with E-state index in [9.17, 15) is 9.90 Å². The van der Waals surface area contributed by atoms with E-state index in [0.29, 0.717) is 24.5 Å². The molecular formula is C18H18O4. The van der Waals surface area contributed by atoms with Crippen molar-refractivity contribution in [3.05, 3.63) is 53.6 Å². The van der Waals surface area contributed by atoms with Gasteiger partial charge in [0.2, 0.25) is 0 Å². The average molecular weight is 298 g/mol. The molecule has 4 nitrogen and oxygen atoms in total. The molecule has 0 radical (unpaired) electrons. The number of ether oxygens (including phenoxy) is 2. The van der Waals surface area contributed by atoms with Gasteiger partial charge in [-0.1, -0.05) is 25.1 Å². The Morgan fingerprint density at radius 3 is 2.73 bits per heavy atom. The Bertz CT molecular complexity index is 676. The maximum atomic E-state index is 11.9. The summed E-state index contributed by atoms with van der Waals surface area (Å²) in [6.07, 6.45) is 1.22. The Hall–Kier alpha value is -2.49. The van der Waals surface area contributed by atoms with E-state index in [0.717, 1.165) is 17.5 Å². The number of hydrogen-bond acceptors (Lipinski definition) is 4. The SMILES string of the molecule is CCCOc1ccc2c(c1)OC(=O)C[C@H]2c1ccc(O)cc1. The van der Waals surface area contributed by atoms with Gasteiger partial charge in [0, 0.05) is 17.5 Å². The minimum absolute atomic E-state index is 0.0583. The van der Waals surface area contributed by atoms with Crippen molar-refractivity contribution in [2.75, 3.05) is 6.61 Å². The molecule has 114 valence electrons. The van der Waals surface area contributed by atoms with E-state index in [1.54, 1.807) is 18.2 Å². The van der Waals surface area contributed by atoms with Crippen molar-refractivity contribution in [3.8, 4) is 17.2 Å². The Balaban J connectivity index is 1.95. The number of fused-ring (bicyclic) bond motifs is 1.